The van der Waals surface area contributed by atoms with Crippen LogP contribution >= 0.6 is 27.3 Å². The van der Waals surface area contributed by atoms with E-state index in [0.29, 0.717) is 11.0 Å². The van der Waals surface area contributed by atoms with Crippen LogP contribution in [0.15, 0.2) is 39.3 Å². The number of hydrogen-bond donors (Lipinski definition) is 2. The van der Waals surface area contributed by atoms with Gasteiger partial charge in [-0.05, 0) is 34.1 Å². The molecule has 8 heteroatoms. The molecule has 0 unspecified atom stereocenters. The lowest BCUT2D eigenvalue weighted by Crippen LogP contribution is -2.12. The smallest absolute Gasteiger partial charge is 0.238 e. The van der Waals surface area contributed by atoms with Gasteiger partial charge < -0.3 is 5.32 Å². The van der Waals surface area contributed by atoms with E-state index in [0.717, 1.165) is 10.6 Å². The molecule has 2 aromatic rings. The summed E-state index contributed by atoms with van der Waals surface area (Å²) in [5.41, 5.74) is 2.56. The Morgan fingerprint density at radius 2 is 2.22 bits per heavy atom. The van der Waals surface area contributed by atoms with Crippen LogP contribution in [0.1, 0.15) is 4.88 Å². The molecule has 5 nitrogen and oxygen atoms in total. The third-order valence-corrected chi connectivity index (χ3v) is 4.55. The molecule has 0 aliphatic rings. The van der Waals surface area contributed by atoms with Crippen LogP contribution in [-0.4, -0.2) is 13.4 Å². The molecule has 0 amide bonds. The summed E-state index contributed by atoms with van der Waals surface area (Å²) in [7, 11) is -3.67. The van der Waals surface area contributed by atoms with E-state index in [1.54, 1.807) is 29.1 Å². The van der Waals surface area contributed by atoms with Crippen molar-refractivity contribution in [1.29, 1.82) is 0 Å². The number of rotatable bonds is 4. The summed E-state index contributed by atoms with van der Waals surface area (Å²) in [6, 6.07) is 4.62. The summed E-state index contributed by atoms with van der Waals surface area (Å²) in [6.07, 6.45) is 1.78. The molecule has 3 N–H and O–H groups in total. The topological polar surface area (TPSA) is 85.1 Å². The fourth-order valence-corrected chi connectivity index (χ4v) is 3.07. The molecule has 1 aromatic carbocycles. The van der Waals surface area contributed by atoms with E-state index in [-0.39, 0.29) is 4.90 Å². The molecule has 0 radical (unpaired) electrons. The third-order valence-electron chi connectivity index (χ3n) is 2.21. The Morgan fingerprint density at radius 3 is 2.78 bits per heavy atom. The zero-order chi connectivity index (χ0) is 13.2. The first-order valence-corrected chi connectivity index (χ1v) is 8.12. The summed E-state index contributed by atoms with van der Waals surface area (Å²) in [4.78, 5) is 5.15. The van der Waals surface area contributed by atoms with Crippen LogP contribution in [0.25, 0.3) is 0 Å². The largest absolute Gasteiger partial charge is 0.379 e. The molecule has 0 aliphatic carbocycles. The molecule has 0 fully saturated rings. The van der Waals surface area contributed by atoms with Crippen LogP contribution in [0, 0.1) is 0 Å². The van der Waals surface area contributed by atoms with E-state index in [4.69, 9.17) is 5.14 Å². The quantitative estimate of drug-likeness (QED) is 0.887. The fourth-order valence-electron chi connectivity index (χ4n) is 1.33. The predicted molar refractivity (Wildman–Crippen MR) is 75.0 cm³/mol. The molecule has 0 bridgehead atoms. The maximum Gasteiger partial charge on any atom is 0.238 e. The second-order valence-electron chi connectivity index (χ2n) is 3.51. The van der Waals surface area contributed by atoms with E-state index in [1.165, 1.54) is 12.1 Å². The molecule has 96 valence electrons. The number of sulfonamides is 1. The molecular formula is C10H10BrN3O2S2. The van der Waals surface area contributed by atoms with Gasteiger partial charge in [-0.3, -0.25) is 4.98 Å². The fraction of sp³-hybridized carbons (Fsp3) is 0.100. The van der Waals surface area contributed by atoms with E-state index < -0.39 is 10.0 Å². The lowest BCUT2D eigenvalue weighted by Gasteiger charge is -2.08. The number of halogens is 1. The lowest BCUT2D eigenvalue weighted by molar-refractivity contribution is 0.598. The average molecular weight is 348 g/mol. The van der Waals surface area contributed by atoms with Crippen LogP contribution in [0.5, 0.6) is 0 Å². The molecule has 18 heavy (non-hydrogen) atoms. The highest BCUT2D eigenvalue weighted by molar-refractivity contribution is 9.10. The zero-order valence-corrected chi connectivity index (χ0v) is 12.3. The van der Waals surface area contributed by atoms with Crippen LogP contribution in [0.4, 0.5) is 5.69 Å². The maximum absolute atomic E-state index is 11.2. The van der Waals surface area contributed by atoms with E-state index >= 15 is 0 Å². The van der Waals surface area contributed by atoms with Gasteiger partial charge in [0.1, 0.15) is 0 Å². The Balaban J connectivity index is 2.15. The van der Waals surface area contributed by atoms with Crippen molar-refractivity contribution < 1.29 is 8.42 Å². The van der Waals surface area contributed by atoms with Gasteiger partial charge in [0.25, 0.3) is 0 Å². The summed E-state index contributed by atoms with van der Waals surface area (Å²) >= 11 is 4.86. The minimum Gasteiger partial charge on any atom is -0.379 e. The van der Waals surface area contributed by atoms with Gasteiger partial charge in [0, 0.05) is 21.2 Å². The maximum atomic E-state index is 11.2. The first-order valence-electron chi connectivity index (χ1n) is 4.90. The van der Waals surface area contributed by atoms with Crippen molar-refractivity contribution >= 4 is 43.0 Å². The second kappa shape index (κ2) is 5.35. The molecule has 0 aliphatic heterocycles. The van der Waals surface area contributed by atoms with Gasteiger partial charge in [-0.2, -0.15) is 0 Å². The van der Waals surface area contributed by atoms with Crippen molar-refractivity contribution in [2.24, 2.45) is 5.14 Å². The van der Waals surface area contributed by atoms with Gasteiger partial charge in [0.2, 0.25) is 10.0 Å². The normalized spacial score (nSPS) is 11.4. The molecule has 1 heterocycles. The third kappa shape index (κ3) is 3.29. The lowest BCUT2D eigenvalue weighted by atomic mass is 10.3. The van der Waals surface area contributed by atoms with Crippen molar-refractivity contribution in [2.75, 3.05) is 5.32 Å². The standard InChI is InChI=1S/C10H10BrN3O2S2/c11-9-3-8(18(12,15)16)1-2-10(9)14-5-7-4-13-6-17-7/h1-4,6,14H,5H2,(H2,12,15,16). The number of thiazole rings is 1. The molecular weight excluding hydrogens is 338 g/mol. The van der Waals surface area contributed by atoms with Crippen LogP contribution in [0.3, 0.4) is 0 Å². The number of nitrogens with zero attached hydrogens (tertiary/aromatic N) is 1. The summed E-state index contributed by atoms with van der Waals surface area (Å²) in [6.45, 7) is 0.637. The Labute approximate surface area is 117 Å². The Kier molecular flexibility index (Phi) is 4.00. The Morgan fingerprint density at radius 1 is 1.44 bits per heavy atom. The first-order chi connectivity index (χ1) is 8.47. The Hall–Kier alpha value is -0.960. The van der Waals surface area contributed by atoms with Gasteiger partial charge in [0.15, 0.2) is 0 Å². The minimum absolute atomic E-state index is 0.0812. The van der Waals surface area contributed by atoms with Crippen molar-refractivity contribution in [1.82, 2.24) is 4.98 Å². The molecule has 0 spiro atoms. The van der Waals surface area contributed by atoms with E-state index in [1.807, 2.05) is 0 Å². The van der Waals surface area contributed by atoms with Gasteiger partial charge in [-0.1, -0.05) is 0 Å². The second-order valence-corrected chi connectivity index (χ2v) is 6.89. The van der Waals surface area contributed by atoms with Crippen LogP contribution in [0.2, 0.25) is 0 Å². The average Bonchev–Trinajstić information content (AvgIpc) is 2.79. The minimum atomic E-state index is -3.67. The highest BCUT2D eigenvalue weighted by Gasteiger charge is 2.10. The van der Waals surface area contributed by atoms with Gasteiger partial charge >= 0.3 is 0 Å². The highest BCUT2D eigenvalue weighted by Crippen LogP contribution is 2.26. The monoisotopic (exact) mass is 347 g/mol. The number of nitrogens with one attached hydrogen (secondary N) is 1. The van der Waals surface area contributed by atoms with Crippen molar-refractivity contribution in [3.8, 4) is 0 Å². The summed E-state index contributed by atoms with van der Waals surface area (Å²) < 4.78 is 23.0. The molecule has 2 rings (SSSR count). The Bertz CT molecular complexity index is 641. The number of benzene rings is 1. The molecule has 1 aromatic heterocycles. The molecule has 0 saturated carbocycles. The van der Waals surface area contributed by atoms with Gasteiger partial charge in [-0.15, -0.1) is 11.3 Å². The van der Waals surface area contributed by atoms with Gasteiger partial charge in [-0.25, -0.2) is 13.6 Å². The number of anilines is 1. The molecule has 0 atom stereocenters. The van der Waals surface area contributed by atoms with E-state index in [9.17, 15) is 8.42 Å². The van der Waals surface area contributed by atoms with Crippen molar-refractivity contribution in [2.45, 2.75) is 11.4 Å². The predicted octanol–water partition coefficient (Wildman–Crippen LogP) is 2.17. The summed E-state index contributed by atoms with van der Waals surface area (Å²) in [5, 5.41) is 8.23. The molecule has 0 saturated heterocycles. The van der Waals surface area contributed by atoms with Crippen LogP contribution in [-0.2, 0) is 16.6 Å². The highest BCUT2D eigenvalue weighted by atomic mass is 79.9. The van der Waals surface area contributed by atoms with Gasteiger partial charge in [0.05, 0.1) is 17.0 Å². The zero-order valence-electron chi connectivity index (χ0n) is 9.13. The number of primary sulfonamides is 1. The number of nitrogens with two attached hydrogens (primary N) is 1. The van der Waals surface area contributed by atoms with Crippen LogP contribution < -0.4 is 10.5 Å². The van der Waals surface area contributed by atoms with Crippen molar-refractivity contribution in [3.63, 3.8) is 0 Å². The number of aromatic nitrogens is 1. The SMILES string of the molecule is NS(=O)(=O)c1ccc(NCc2cncs2)c(Br)c1. The summed E-state index contributed by atoms with van der Waals surface area (Å²) in [5.74, 6) is 0. The first kappa shape index (κ1) is 13.5. The van der Waals surface area contributed by atoms with E-state index in [2.05, 4.69) is 26.2 Å². The van der Waals surface area contributed by atoms with Crippen molar-refractivity contribution in [3.05, 3.63) is 39.3 Å². The number of hydrogen-bond acceptors (Lipinski definition) is 5.